The average Bonchev–Trinajstić information content (AvgIpc) is 2.73. The molecule has 2 atom stereocenters. The fraction of sp³-hybridized carbons (Fsp3) is 0.417. The van der Waals surface area contributed by atoms with E-state index in [-0.39, 0.29) is 24.0 Å². The van der Waals surface area contributed by atoms with E-state index >= 15 is 0 Å². The fourth-order valence-electron chi connectivity index (χ4n) is 2.99. The molecule has 0 radical (unpaired) electrons. The first-order valence-corrected chi connectivity index (χ1v) is 5.21. The Balaban J connectivity index is 2.21. The Morgan fingerprint density at radius 3 is 2.69 bits per heavy atom. The predicted octanol–water partition coefficient (Wildman–Crippen LogP) is 3.25. The van der Waals surface area contributed by atoms with Crippen LogP contribution in [0.5, 0.6) is 0 Å². The van der Waals surface area contributed by atoms with Crippen LogP contribution < -0.4 is 0 Å². The third kappa shape index (κ3) is 1.16. The van der Waals surface area contributed by atoms with E-state index in [1.807, 2.05) is 0 Å². The molecule has 0 spiro atoms. The summed E-state index contributed by atoms with van der Waals surface area (Å²) in [4.78, 5) is 11.5. The molecular formula is C12H9F3O. The zero-order valence-electron chi connectivity index (χ0n) is 8.34. The van der Waals surface area contributed by atoms with Gasteiger partial charge in [0.05, 0.1) is 5.56 Å². The molecule has 0 N–H and O–H groups in total. The molecule has 1 fully saturated rings. The number of carbonyl (C=O) groups is 1. The van der Waals surface area contributed by atoms with Gasteiger partial charge in [0.15, 0.2) is 0 Å². The molecule has 4 heteroatoms. The largest absolute Gasteiger partial charge is 0.416 e. The Morgan fingerprint density at radius 2 is 2.00 bits per heavy atom. The minimum absolute atomic E-state index is 0.0943. The number of hydrogen-bond donors (Lipinski definition) is 0. The minimum atomic E-state index is -4.31. The first kappa shape index (κ1) is 9.87. The van der Waals surface area contributed by atoms with Crippen molar-refractivity contribution in [1.29, 1.82) is 0 Å². The molecule has 1 nitrogen and oxygen atoms in total. The lowest BCUT2D eigenvalue weighted by atomic mass is 9.87. The van der Waals surface area contributed by atoms with E-state index in [2.05, 4.69) is 0 Å². The van der Waals surface area contributed by atoms with E-state index in [4.69, 9.17) is 0 Å². The molecule has 2 unspecified atom stereocenters. The lowest BCUT2D eigenvalue weighted by Gasteiger charge is -2.19. The summed E-state index contributed by atoms with van der Waals surface area (Å²) in [6, 6.07) is 4.17. The van der Waals surface area contributed by atoms with E-state index in [9.17, 15) is 18.0 Å². The van der Waals surface area contributed by atoms with Crippen LogP contribution in [0, 0.1) is 0 Å². The van der Waals surface area contributed by atoms with Gasteiger partial charge in [0.1, 0.15) is 5.78 Å². The van der Waals surface area contributed by atoms with Gasteiger partial charge in [-0.15, -0.1) is 0 Å². The molecule has 0 saturated heterocycles. The van der Waals surface area contributed by atoms with Gasteiger partial charge in [-0.3, -0.25) is 4.79 Å². The highest BCUT2D eigenvalue weighted by Gasteiger charge is 2.47. The standard InChI is InChI=1S/C12H9F3O/c13-12(14,15)9-3-1-2-7-8-4-6(11(7)9)5-10(8)16/h1-3,6,8H,4-5H2. The van der Waals surface area contributed by atoms with Gasteiger partial charge in [0, 0.05) is 12.3 Å². The summed E-state index contributed by atoms with van der Waals surface area (Å²) < 4.78 is 38.3. The highest BCUT2D eigenvalue weighted by molar-refractivity contribution is 5.92. The summed E-state index contributed by atoms with van der Waals surface area (Å²) in [6.07, 6.45) is -3.45. The van der Waals surface area contributed by atoms with Crippen LogP contribution in [-0.2, 0) is 11.0 Å². The third-order valence-corrected chi connectivity index (χ3v) is 3.59. The van der Waals surface area contributed by atoms with Crippen molar-refractivity contribution < 1.29 is 18.0 Å². The second-order valence-electron chi connectivity index (χ2n) is 4.46. The summed E-state index contributed by atoms with van der Waals surface area (Å²) in [5.74, 6) is -0.385. The maximum atomic E-state index is 12.8. The van der Waals surface area contributed by atoms with Crippen molar-refractivity contribution in [2.24, 2.45) is 0 Å². The monoisotopic (exact) mass is 226 g/mol. The van der Waals surface area contributed by atoms with E-state index in [1.165, 1.54) is 6.07 Å². The first-order valence-electron chi connectivity index (χ1n) is 5.21. The maximum Gasteiger partial charge on any atom is 0.416 e. The molecule has 0 aromatic heterocycles. The van der Waals surface area contributed by atoms with Gasteiger partial charge in [-0.1, -0.05) is 12.1 Å². The molecule has 3 rings (SSSR count). The van der Waals surface area contributed by atoms with Crippen LogP contribution in [0.4, 0.5) is 13.2 Å². The SMILES string of the molecule is O=C1CC2CC1c1cccc(C(F)(F)F)c12. The molecule has 2 aliphatic carbocycles. The second kappa shape index (κ2) is 2.87. The van der Waals surface area contributed by atoms with Gasteiger partial charge in [0.25, 0.3) is 0 Å². The van der Waals surface area contributed by atoms with Crippen LogP contribution in [-0.4, -0.2) is 5.78 Å². The average molecular weight is 226 g/mol. The number of rotatable bonds is 0. The highest BCUT2D eigenvalue weighted by Crippen LogP contribution is 2.54. The van der Waals surface area contributed by atoms with Crippen molar-refractivity contribution in [1.82, 2.24) is 0 Å². The Morgan fingerprint density at radius 1 is 1.25 bits per heavy atom. The fourth-order valence-corrected chi connectivity index (χ4v) is 2.99. The molecule has 84 valence electrons. The van der Waals surface area contributed by atoms with Gasteiger partial charge in [-0.05, 0) is 29.5 Å². The van der Waals surface area contributed by atoms with Crippen molar-refractivity contribution in [3.8, 4) is 0 Å². The second-order valence-corrected chi connectivity index (χ2v) is 4.46. The van der Waals surface area contributed by atoms with Crippen molar-refractivity contribution in [2.45, 2.75) is 30.9 Å². The number of ketones is 1. The maximum absolute atomic E-state index is 12.8. The molecular weight excluding hydrogens is 217 g/mol. The molecule has 0 heterocycles. The number of halogens is 3. The molecule has 1 saturated carbocycles. The lowest BCUT2D eigenvalue weighted by Crippen LogP contribution is -2.15. The molecule has 1 aromatic carbocycles. The van der Waals surface area contributed by atoms with E-state index in [0.29, 0.717) is 17.5 Å². The number of Topliss-reactive ketones (excluding diaryl/α,β-unsaturated/α-hetero) is 1. The van der Waals surface area contributed by atoms with E-state index < -0.39 is 11.7 Å². The Labute approximate surface area is 90.3 Å². The first-order chi connectivity index (χ1) is 7.48. The number of alkyl halides is 3. The van der Waals surface area contributed by atoms with Crippen LogP contribution in [0.1, 0.15) is 41.4 Å². The van der Waals surface area contributed by atoms with Crippen LogP contribution in [0.25, 0.3) is 0 Å². The van der Waals surface area contributed by atoms with Gasteiger partial charge in [-0.2, -0.15) is 13.2 Å². The molecule has 0 amide bonds. The molecule has 1 aromatic rings. The summed E-state index contributed by atoms with van der Waals surface area (Å²) in [7, 11) is 0. The summed E-state index contributed by atoms with van der Waals surface area (Å²) in [5, 5.41) is 0. The molecule has 0 aliphatic heterocycles. The van der Waals surface area contributed by atoms with Gasteiger partial charge in [-0.25, -0.2) is 0 Å². The quantitative estimate of drug-likeness (QED) is 0.663. The van der Waals surface area contributed by atoms with Crippen molar-refractivity contribution in [3.05, 3.63) is 34.9 Å². The van der Waals surface area contributed by atoms with Gasteiger partial charge < -0.3 is 0 Å². The Bertz CT molecular complexity index is 476. The summed E-state index contributed by atoms with van der Waals surface area (Å²) in [6.45, 7) is 0. The van der Waals surface area contributed by atoms with Crippen LogP contribution in [0.15, 0.2) is 18.2 Å². The zero-order valence-corrected chi connectivity index (χ0v) is 8.34. The minimum Gasteiger partial charge on any atom is -0.299 e. The topological polar surface area (TPSA) is 17.1 Å². The van der Waals surface area contributed by atoms with Crippen molar-refractivity contribution >= 4 is 5.78 Å². The predicted molar refractivity (Wildman–Crippen MR) is 51.2 cm³/mol. The molecule has 2 aliphatic rings. The van der Waals surface area contributed by atoms with Crippen LogP contribution >= 0.6 is 0 Å². The smallest absolute Gasteiger partial charge is 0.299 e. The normalized spacial score (nSPS) is 27.3. The van der Waals surface area contributed by atoms with Gasteiger partial charge in [0.2, 0.25) is 0 Å². The molecule has 2 bridgehead atoms. The number of hydrogen-bond acceptors (Lipinski definition) is 1. The van der Waals surface area contributed by atoms with Crippen molar-refractivity contribution in [3.63, 3.8) is 0 Å². The Kier molecular flexibility index (Phi) is 1.77. The lowest BCUT2D eigenvalue weighted by molar-refractivity contribution is -0.138. The highest BCUT2D eigenvalue weighted by atomic mass is 19.4. The zero-order chi connectivity index (χ0) is 11.5. The summed E-state index contributed by atoms with van der Waals surface area (Å²) >= 11 is 0. The number of carbonyl (C=O) groups excluding carboxylic acids is 1. The van der Waals surface area contributed by atoms with Gasteiger partial charge >= 0.3 is 6.18 Å². The van der Waals surface area contributed by atoms with Crippen LogP contribution in [0.2, 0.25) is 0 Å². The number of fused-ring (bicyclic) bond motifs is 5. The molecule has 16 heavy (non-hydrogen) atoms. The Hall–Kier alpha value is -1.32. The van der Waals surface area contributed by atoms with Crippen molar-refractivity contribution in [2.75, 3.05) is 0 Å². The van der Waals surface area contributed by atoms with E-state index in [0.717, 1.165) is 6.07 Å². The summed E-state index contributed by atoms with van der Waals surface area (Å²) in [5.41, 5.74) is 0.431. The van der Waals surface area contributed by atoms with E-state index in [1.54, 1.807) is 6.07 Å². The third-order valence-electron chi connectivity index (χ3n) is 3.59. The number of benzene rings is 1. The van der Waals surface area contributed by atoms with Crippen LogP contribution in [0.3, 0.4) is 0 Å².